The van der Waals surface area contributed by atoms with Crippen LogP contribution in [0.5, 0.6) is 0 Å². The van der Waals surface area contributed by atoms with Crippen molar-refractivity contribution in [1.82, 2.24) is 5.32 Å². The van der Waals surface area contributed by atoms with Crippen molar-refractivity contribution < 1.29 is 22.9 Å². The SMILES string of the molecule is C[C@]12C(O)N(c3ccc(C#N)c(C(F)(F)F)c3)C[N+]1([O-])[C@H]1CN[C@@H]2C1. The third-order valence-electron chi connectivity index (χ3n) is 6.16. The van der Waals surface area contributed by atoms with Gasteiger partial charge in [-0.15, -0.1) is 0 Å². The van der Waals surface area contributed by atoms with Crippen LogP contribution in [0, 0.1) is 16.5 Å². The number of aliphatic hydroxyl groups is 1. The maximum absolute atomic E-state index is 13.4. The van der Waals surface area contributed by atoms with Gasteiger partial charge >= 0.3 is 6.18 Å². The van der Waals surface area contributed by atoms with E-state index in [0.717, 1.165) is 12.1 Å². The fourth-order valence-corrected chi connectivity index (χ4v) is 4.67. The number of benzene rings is 1. The summed E-state index contributed by atoms with van der Waals surface area (Å²) in [5.41, 5.74) is -2.48. The molecule has 3 saturated heterocycles. The van der Waals surface area contributed by atoms with Gasteiger partial charge < -0.3 is 20.3 Å². The molecule has 3 aliphatic rings. The number of fused-ring (bicyclic) bond motifs is 5. The van der Waals surface area contributed by atoms with Crippen molar-refractivity contribution >= 4 is 5.69 Å². The highest BCUT2D eigenvalue weighted by Crippen LogP contribution is 2.52. The zero-order valence-corrected chi connectivity index (χ0v) is 13.4. The molecule has 0 aromatic heterocycles. The summed E-state index contributed by atoms with van der Waals surface area (Å²) >= 11 is 0. The Hall–Kier alpha value is -1.86. The first-order valence-corrected chi connectivity index (χ1v) is 8.01. The van der Waals surface area contributed by atoms with Gasteiger partial charge in [0.25, 0.3) is 0 Å². The number of anilines is 1. The van der Waals surface area contributed by atoms with Crippen LogP contribution in [0.4, 0.5) is 18.9 Å². The second kappa shape index (κ2) is 4.86. The summed E-state index contributed by atoms with van der Waals surface area (Å²) in [6, 6.07) is 4.42. The first-order chi connectivity index (χ1) is 11.6. The molecule has 0 radical (unpaired) electrons. The Morgan fingerprint density at radius 1 is 1.48 bits per heavy atom. The minimum atomic E-state index is -4.68. The minimum Gasteiger partial charge on any atom is -0.631 e. The van der Waals surface area contributed by atoms with Gasteiger partial charge in [-0.1, -0.05) is 0 Å². The van der Waals surface area contributed by atoms with E-state index in [-0.39, 0.29) is 24.4 Å². The van der Waals surface area contributed by atoms with Gasteiger partial charge in [0, 0.05) is 18.7 Å². The summed E-state index contributed by atoms with van der Waals surface area (Å²) in [6.45, 7) is 2.13. The lowest BCUT2D eigenvalue weighted by Crippen LogP contribution is -2.68. The zero-order chi connectivity index (χ0) is 18.2. The average Bonchev–Trinajstić information content (AvgIpc) is 3.19. The fourth-order valence-electron chi connectivity index (χ4n) is 4.67. The third-order valence-corrected chi connectivity index (χ3v) is 6.16. The molecule has 1 aromatic carbocycles. The van der Waals surface area contributed by atoms with Crippen molar-refractivity contribution in [3.05, 3.63) is 34.5 Å². The van der Waals surface area contributed by atoms with E-state index in [0.29, 0.717) is 13.0 Å². The number of nitrogens with one attached hydrogen (secondary N) is 1. The van der Waals surface area contributed by atoms with Gasteiger partial charge in [-0.05, 0) is 25.1 Å². The molecule has 25 heavy (non-hydrogen) atoms. The summed E-state index contributed by atoms with van der Waals surface area (Å²) in [6.07, 6.45) is -5.23. The van der Waals surface area contributed by atoms with E-state index in [4.69, 9.17) is 5.26 Å². The van der Waals surface area contributed by atoms with E-state index in [9.17, 15) is 23.5 Å². The number of halogens is 3. The molecule has 2 N–H and O–H groups in total. The molecule has 2 unspecified atom stereocenters. The zero-order valence-electron chi connectivity index (χ0n) is 13.4. The summed E-state index contributed by atoms with van der Waals surface area (Å²) < 4.78 is 39.0. The molecule has 1 aromatic rings. The van der Waals surface area contributed by atoms with E-state index < -0.39 is 33.7 Å². The molecule has 3 heterocycles. The van der Waals surface area contributed by atoms with Crippen LogP contribution in [0.1, 0.15) is 24.5 Å². The van der Waals surface area contributed by atoms with Gasteiger partial charge in [-0.2, -0.15) is 18.4 Å². The lowest BCUT2D eigenvalue weighted by Gasteiger charge is -2.52. The largest absolute Gasteiger partial charge is 0.631 e. The number of nitriles is 1. The maximum Gasteiger partial charge on any atom is 0.417 e. The molecule has 0 saturated carbocycles. The first kappa shape index (κ1) is 16.6. The summed E-state index contributed by atoms with van der Waals surface area (Å²) in [5, 5.41) is 36.3. The Balaban J connectivity index is 1.76. The highest BCUT2D eigenvalue weighted by molar-refractivity contribution is 5.56. The highest BCUT2D eigenvalue weighted by Gasteiger charge is 2.71. The molecular weight excluding hydrogens is 337 g/mol. The molecule has 4 rings (SSSR count). The Labute approximate surface area is 142 Å². The number of aliphatic hydroxyl groups excluding tert-OH is 1. The highest BCUT2D eigenvalue weighted by atomic mass is 19.4. The topological polar surface area (TPSA) is 82.3 Å². The van der Waals surface area contributed by atoms with Crippen LogP contribution in [0.15, 0.2) is 18.2 Å². The number of quaternary nitrogens is 1. The monoisotopic (exact) mass is 354 g/mol. The van der Waals surface area contributed by atoms with Crippen LogP contribution in [-0.2, 0) is 6.18 Å². The maximum atomic E-state index is 13.4. The van der Waals surface area contributed by atoms with Crippen LogP contribution in [-0.4, -0.2) is 46.8 Å². The van der Waals surface area contributed by atoms with E-state index in [1.165, 1.54) is 17.0 Å². The van der Waals surface area contributed by atoms with Crippen molar-refractivity contribution in [2.24, 2.45) is 0 Å². The van der Waals surface area contributed by atoms with Crippen LogP contribution < -0.4 is 10.2 Å². The first-order valence-electron chi connectivity index (χ1n) is 8.01. The van der Waals surface area contributed by atoms with Crippen molar-refractivity contribution in [3.8, 4) is 6.07 Å². The van der Waals surface area contributed by atoms with Crippen molar-refractivity contribution in [2.75, 3.05) is 18.1 Å². The molecule has 3 aliphatic heterocycles. The number of hydroxylamine groups is 3. The molecular formula is C16H17F3N4O2. The lowest BCUT2D eigenvalue weighted by molar-refractivity contribution is -0.930. The lowest BCUT2D eigenvalue weighted by atomic mass is 9.92. The van der Waals surface area contributed by atoms with Gasteiger partial charge in [0.15, 0.2) is 18.4 Å². The predicted molar refractivity (Wildman–Crippen MR) is 81.7 cm³/mol. The third kappa shape index (κ3) is 1.93. The molecule has 2 bridgehead atoms. The van der Waals surface area contributed by atoms with Crippen molar-refractivity contribution in [1.29, 1.82) is 5.26 Å². The Morgan fingerprint density at radius 3 is 2.80 bits per heavy atom. The minimum absolute atomic E-state index is 0.0993. The van der Waals surface area contributed by atoms with Gasteiger partial charge in [-0.3, -0.25) is 4.90 Å². The standard InChI is InChI=1S/C16H17F3N4O2/c1-15-13-5-11(7-21-13)23(15,25)8-22(14(15)24)10-3-2-9(6-20)12(4-10)16(17,18)19/h2-4,11,13-14,21,24H,5,7-8H2,1H3/t11-,13-,14?,15+,23?/m1/s1. The van der Waals surface area contributed by atoms with Crippen LogP contribution >= 0.6 is 0 Å². The normalized spacial score (nSPS) is 39.6. The molecule has 6 nitrogen and oxygen atoms in total. The number of nitrogens with zero attached hydrogens (tertiary/aromatic N) is 3. The summed E-state index contributed by atoms with van der Waals surface area (Å²) in [4.78, 5) is 1.33. The molecule has 5 atom stereocenters. The van der Waals surface area contributed by atoms with Gasteiger partial charge in [0.05, 0.1) is 23.2 Å². The van der Waals surface area contributed by atoms with E-state index >= 15 is 0 Å². The van der Waals surface area contributed by atoms with Crippen LogP contribution in [0.25, 0.3) is 0 Å². The summed E-state index contributed by atoms with van der Waals surface area (Å²) in [5.74, 6) is 0. The fraction of sp³-hybridized carbons (Fsp3) is 0.562. The molecule has 134 valence electrons. The molecule has 9 heteroatoms. The quantitative estimate of drug-likeness (QED) is 0.590. The van der Waals surface area contributed by atoms with E-state index in [1.807, 2.05) is 0 Å². The number of hydrogen-bond acceptors (Lipinski definition) is 5. The Morgan fingerprint density at radius 2 is 2.20 bits per heavy atom. The van der Waals surface area contributed by atoms with Crippen LogP contribution in [0.3, 0.4) is 0 Å². The predicted octanol–water partition coefficient (Wildman–Crippen LogP) is 1.49. The number of hydrogen-bond donors (Lipinski definition) is 2. The average molecular weight is 354 g/mol. The Kier molecular flexibility index (Phi) is 3.22. The molecule has 0 aliphatic carbocycles. The van der Waals surface area contributed by atoms with Gasteiger partial charge in [0.2, 0.25) is 0 Å². The van der Waals surface area contributed by atoms with Gasteiger partial charge in [-0.25, -0.2) is 0 Å². The Bertz CT molecular complexity index is 780. The second-order valence-corrected chi connectivity index (χ2v) is 7.20. The van der Waals surface area contributed by atoms with E-state index in [2.05, 4.69) is 5.32 Å². The number of alkyl halides is 3. The molecule has 3 fully saturated rings. The molecule has 0 spiro atoms. The van der Waals surface area contributed by atoms with E-state index in [1.54, 1.807) is 6.92 Å². The number of rotatable bonds is 1. The van der Waals surface area contributed by atoms with Gasteiger partial charge in [0.1, 0.15) is 6.04 Å². The number of piperazine rings is 1. The van der Waals surface area contributed by atoms with Crippen molar-refractivity contribution in [2.45, 2.75) is 43.4 Å². The van der Waals surface area contributed by atoms with Crippen molar-refractivity contribution in [3.63, 3.8) is 0 Å². The molecule has 0 amide bonds. The van der Waals surface area contributed by atoms with Crippen LogP contribution in [0.2, 0.25) is 0 Å². The summed E-state index contributed by atoms with van der Waals surface area (Å²) in [7, 11) is 0. The smallest absolute Gasteiger partial charge is 0.417 e. The second-order valence-electron chi connectivity index (χ2n) is 7.20.